The number of aromatic nitrogens is 1. The molecule has 4 rings (SSSR count). The second kappa shape index (κ2) is 8.75. The molecule has 162 valence electrons. The first-order valence-electron chi connectivity index (χ1n) is 10.6. The van der Waals surface area contributed by atoms with Crippen LogP contribution < -0.4 is 10.6 Å². The van der Waals surface area contributed by atoms with Crippen molar-refractivity contribution in [2.75, 3.05) is 13.2 Å². The number of benzene rings is 1. The van der Waals surface area contributed by atoms with Crippen LogP contribution in [0.2, 0.25) is 0 Å². The van der Waals surface area contributed by atoms with Gasteiger partial charge in [0.2, 0.25) is 0 Å². The third-order valence-corrected chi connectivity index (χ3v) is 5.62. The van der Waals surface area contributed by atoms with Gasteiger partial charge in [0.05, 0.1) is 35.0 Å². The van der Waals surface area contributed by atoms with Gasteiger partial charge in [0.25, 0.3) is 0 Å². The van der Waals surface area contributed by atoms with E-state index in [4.69, 9.17) is 14.5 Å². The van der Waals surface area contributed by atoms with Crippen LogP contribution in [0.4, 0.5) is 4.79 Å². The summed E-state index contributed by atoms with van der Waals surface area (Å²) in [6, 6.07) is 6.54. The number of nitrogens with one attached hydrogen (secondary N) is 2. The molecule has 1 aromatic carbocycles. The summed E-state index contributed by atoms with van der Waals surface area (Å²) in [5.41, 5.74) is 3.65. The van der Waals surface area contributed by atoms with Crippen LogP contribution in [0.1, 0.15) is 48.3 Å². The van der Waals surface area contributed by atoms with Crippen LogP contribution in [0.25, 0.3) is 10.9 Å². The number of pyridine rings is 1. The lowest BCUT2D eigenvalue weighted by Crippen LogP contribution is -2.51. The number of urea groups is 1. The molecular weight excluding hydrogens is 398 g/mol. The molecule has 2 aromatic rings. The molecule has 8 heteroatoms. The van der Waals surface area contributed by atoms with E-state index in [9.17, 15) is 14.4 Å². The number of carbonyl (C=O) groups excluding carboxylic acids is 3. The fraction of sp³-hybridized carbons (Fsp3) is 0.391. The Bertz CT molecular complexity index is 1090. The Kier molecular flexibility index (Phi) is 5.88. The summed E-state index contributed by atoms with van der Waals surface area (Å²) in [4.78, 5) is 42.4. The molecule has 0 saturated carbocycles. The number of ether oxygens (including phenoxy) is 2. The van der Waals surface area contributed by atoms with Crippen molar-refractivity contribution in [3.8, 4) is 0 Å². The zero-order valence-corrected chi connectivity index (χ0v) is 17.6. The molecule has 0 bridgehead atoms. The van der Waals surface area contributed by atoms with Crippen molar-refractivity contribution < 1.29 is 23.9 Å². The van der Waals surface area contributed by atoms with Gasteiger partial charge in [-0.05, 0) is 44.2 Å². The second-order valence-corrected chi connectivity index (χ2v) is 7.53. The second-order valence-electron chi connectivity index (χ2n) is 7.53. The Morgan fingerprint density at radius 3 is 2.71 bits per heavy atom. The normalized spacial score (nSPS) is 17.7. The fourth-order valence-electron chi connectivity index (χ4n) is 4.23. The number of amides is 2. The SMILES string of the molecule is CCOC(=O)C1=C(COC(=O)c2c3c(nc4ccccc24)CCC3)NC(=O)N[C@@H]1CC. The maximum atomic E-state index is 13.2. The summed E-state index contributed by atoms with van der Waals surface area (Å²) >= 11 is 0. The Morgan fingerprint density at radius 1 is 1.13 bits per heavy atom. The van der Waals surface area contributed by atoms with Gasteiger partial charge in [0.1, 0.15) is 6.61 Å². The number of para-hydroxylation sites is 1. The maximum Gasteiger partial charge on any atom is 0.339 e. The molecule has 1 aliphatic heterocycles. The quantitative estimate of drug-likeness (QED) is 0.692. The summed E-state index contributed by atoms with van der Waals surface area (Å²) in [7, 11) is 0. The van der Waals surface area contributed by atoms with Crippen LogP contribution in [-0.4, -0.2) is 42.2 Å². The Hall–Kier alpha value is -3.42. The van der Waals surface area contributed by atoms with Gasteiger partial charge >= 0.3 is 18.0 Å². The van der Waals surface area contributed by atoms with Gasteiger partial charge in [-0.15, -0.1) is 0 Å². The van der Waals surface area contributed by atoms with Crippen molar-refractivity contribution in [3.63, 3.8) is 0 Å². The molecule has 2 aliphatic rings. The van der Waals surface area contributed by atoms with Crippen LogP contribution in [-0.2, 0) is 27.1 Å². The molecule has 31 heavy (non-hydrogen) atoms. The van der Waals surface area contributed by atoms with Gasteiger partial charge in [0.15, 0.2) is 0 Å². The topological polar surface area (TPSA) is 107 Å². The number of nitrogens with zero attached hydrogens (tertiary/aromatic N) is 1. The zero-order valence-electron chi connectivity index (χ0n) is 17.6. The number of aryl methyl sites for hydroxylation is 1. The van der Waals surface area contributed by atoms with Crippen molar-refractivity contribution >= 4 is 28.9 Å². The Labute approximate surface area is 180 Å². The molecule has 8 nitrogen and oxygen atoms in total. The summed E-state index contributed by atoms with van der Waals surface area (Å²) in [6.07, 6.45) is 3.05. The molecule has 0 fully saturated rings. The fourth-order valence-corrected chi connectivity index (χ4v) is 4.23. The Morgan fingerprint density at radius 2 is 1.94 bits per heavy atom. The van der Waals surface area contributed by atoms with Crippen LogP contribution in [0.3, 0.4) is 0 Å². The van der Waals surface area contributed by atoms with E-state index in [0.717, 1.165) is 41.4 Å². The monoisotopic (exact) mass is 423 g/mol. The van der Waals surface area contributed by atoms with Crippen molar-refractivity contribution in [2.24, 2.45) is 0 Å². The lowest BCUT2D eigenvalue weighted by molar-refractivity contribution is -0.139. The van der Waals surface area contributed by atoms with Crippen molar-refractivity contribution in [2.45, 2.75) is 45.6 Å². The van der Waals surface area contributed by atoms with Gasteiger partial charge in [-0.1, -0.05) is 25.1 Å². The van der Waals surface area contributed by atoms with E-state index >= 15 is 0 Å². The van der Waals surface area contributed by atoms with Gasteiger partial charge in [-0.25, -0.2) is 14.4 Å². The van der Waals surface area contributed by atoms with Gasteiger partial charge in [0, 0.05) is 11.1 Å². The highest BCUT2D eigenvalue weighted by atomic mass is 16.5. The van der Waals surface area contributed by atoms with Gasteiger partial charge in [-0.2, -0.15) is 0 Å². The molecule has 2 amide bonds. The minimum Gasteiger partial charge on any atom is -0.463 e. The average Bonchev–Trinajstić information content (AvgIpc) is 3.23. The summed E-state index contributed by atoms with van der Waals surface area (Å²) < 4.78 is 10.8. The van der Waals surface area contributed by atoms with E-state index in [1.807, 2.05) is 31.2 Å². The van der Waals surface area contributed by atoms with Crippen molar-refractivity contribution in [1.82, 2.24) is 15.6 Å². The number of carbonyl (C=O) groups is 3. The number of esters is 2. The molecule has 2 heterocycles. The van der Waals surface area contributed by atoms with Crippen molar-refractivity contribution in [3.05, 3.63) is 52.4 Å². The number of hydrogen-bond acceptors (Lipinski definition) is 6. The van der Waals surface area contributed by atoms with E-state index in [1.54, 1.807) is 6.92 Å². The predicted octanol–water partition coefficient (Wildman–Crippen LogP) is 2.79. The van der Waals surface area contributed by atoms with E-state index in [0.29, 0.717) is 12.0 Å². The highest BCUT2D eigenvalue weighted by Crippen LogP contribution is 2.30. The maximum absolute atomic E-state index is 13.2. The van der Waals surface area contributed by atoms with Gasteiger partial charge in [-0.3, -0.25) is 4.98 Å². The number of hydrogen-bond donors (Lipinski definition) is 2. The van der Waals surface area contributed by atoms with E-state index in [2.05, 4.69) is 10.6 Å². The third-order valence-electron chi connectivity index (χ3n) is 5.62. The first-order chi connectivity index (χ1) is 15.0. The molecule has 1 atom stereocenters. The van der Waals surface area contributed by atoms with Gasteiger partial charge < -0.3 is 20.1 Å². The summed E-state index contributed by atoms with van der Waals surface area (Å²) in [6.45, 7) is 3.53. The minimum atomic E-state index is -0.539. The smallest absolute Gasteiger partial charge is 0.339 e. The van der Waals surface area contributed by atoms with Crippen LogP contribution >= 0.6 is 0 Å². The van der Waals surface area contributed by atoms with Crippen LogP contribution in [0, 0.1) is 0 Å². The number of rotatable bonds is 6. The summed E-state index contributed by atoms with van der Waals surface area (Å²) in [5.74, 6) is -1.03. The third kappa shape index (κ3) is 3.97. The zero-order chi connectivity index (χ0) is 22.0. The molecule has 2 N–H and O–H groups in total. The van der Waals surface area contributed by atoms with Crippen LogP contribution in [0.5, 0.6) is 0 Å². The Balaban J connectivity index is 1.66. The highest BCUT2D eigenvalue weighted by Gasteiger charge is 2.32. The standard InChI is InChI=1S/C23H25N3O5/c1-3-15-20(22(28)30-4-2)18(26-23(29)25-15)12-31-21(27)19-13-8-5-6-10-16(13)24-17-11-7-9-14(17)19/h5-6,8,10,15H,3-4,7,9,11-12H2,1-2H3,(H2,25,26,29)/t15-/m1/s1. The molecule has 1 aliphatic carbocycles. The predicted molar refractivity (Wildman–Crippen MR) is 113 cm³/mol. The van der Waals surface area contributed by atoms with E-state index in [1.165, 1.54) is 0 Å². The molecule has 0 radical (unpaired) electrons. The first-order valence-corrected chi connectivity index (χ1v) is 10.6. The highest BCUT2D eigenvalue weighted by molar-refractivity contribution is 6.05. The van der Waals surface area contributed by atoms with Crippen molar-refractivity contribution in [1.29, 1.82) is 0 Å². The molecule has 0 saturated heterocycles. The molecular formula is C23H25N3O5. The lowest BCUT2D eigenvalue weighted by Gasteiger charge is -2.28. The lowest BCUT2D eigenvalue weighted by atomic mass is 10.00. The minimum absolute atomic E-state index is 0.203. The summed E-state index contributed by atoms with van der Waals surface area (Å²) in [5, 5.41) is 6.06. The van der Waals surface area contributed by atoms with E-state index < -0.39 is 24.0 Å². The molecule has 0 unspecified atom stereocenters. The first kappa shape index (κ1) is 20.8. The number of fused-ring (bicyclic) bond motifs is 2. The molecule has 1 aromatic heterocycles. The van der Waals surface area contributed by atoms with Crippen LogP contribution in [0.15, 0.2) is 35.5 Å². The van der Waals surface area contributed by atoms with E-state index in [-0.39, 0.29) is 24.5 Å². The largest absolute Gasteiger partial charge is 0.463 e. The molecule has 0 spiro atoms. The average molecular weight is 423 g/mol.